The van der Waals surface area contributed by atoms with Crippen LogP contribution in [0.1, 0.15) is 5.56 Å². The van der Waals surface area contributed by atoms with Gasteiger partial charge in [-0.05, 0) is 65.7 Å². The second-order valence-electron chi connectivity index (χ2n) is 7.94. The lowest BCUT2D eigenvalue weighted by Gasteiger charge is -2.27. The summed E-state index contributed by atoms with van der Waals surface area (Å²) >= 11 is 9.12. The van der Waals surface area contributed by atoms with E-state index in [-0.39, 0.29) is 12.5 Å². The molecule has 0 spiro atoms. The van der Waals surface area contributed by atoms with Gasteiger partial charge in [0.05, 0.1) is 24.3 Å². The van der Waals surface area contributed by atoms with Crippen LogP contribution in [0.3, 0.4) is 0 Å². The quantitative estimate of drug-likeness (QED) is 0.227. The van der Waals surface area contributed by atoms with Crippen LogP contribution >= 0.6 is 34.9 Å². The van der Waals surface area contributed by atoms with E-state index in [2.05, 4.69) is 14.9 Å². The molecule has 1 N–H and O–H groups in total. The van der Waals surface area contributed by atoms with Gasteiger partial charge in [0.1, 0.15) is 12.4 Å². The van der Waals surface area contributed by atoms with Gasteiger partial charge < -0.3 is 14.4 Å². The van der Waals surface area contributed by atoms with E-state index >= 15 is 0 Å². The van der Waals surface area contributed by atoms with Crippen molar-refractivity contribution in [1.82, 2.24) is 14.8 Å². The monoisotopic (exact) mass is 541 g/mol. The lowest BCUT2D eigenvalue weighted by atomic mass is 10.2. The summed E-state index contributed by atoms with van der Waals surface area (Å²) in [6.45, 7) is 1.07. The summed E-state index contributed by atoms with van der Waals surface area (Å²) in [6, 6.07) is 17.5. The van der Waals surface area contributed by atoms with E-state index in [1.165, 1.54) is 5.56 Å². The third-order valence-electron chi connectivity index (χ3n) is 5.67. The molecule has 4 aromatic rings. The maximum atomic E-state index is 12.5. The Labute approximate surface area is 222 Å². The van der Waals surface area contributed by atoms with E-state index in [1.807, 2.05) is 64.5 Å². The number of hydrogen-bond donors (Lipinski definition) is 1. The first-order chi connectivity index (χ1) is 17.6. The van der Waals surface area contributed by atoms with Crippen molar-refractivity contribution in [3.05, 3.63) is 70.6 Å². The Morgan fingerprint density at radius 2 is 2.06 bits per heavy atom. The van der Waals surface area contributed by atoms with Crippen molar-refractivity contribution in [2.75, 3.05) is 42.2 Å². The molecule has 2 aromatic carbocycles. The third kappa shape index (κ3) is 5.36. The predicted molar refractivity (Wildman–Crippen MR) is 146 cm³/mol. The molecule has 2 aromatic heterocycles. The van der Waals surface area contributed by atoms with Crippen molar-refractivity contribution in [3.63, 3.8) is 0 Å². The van der Waals surface area contributed by atoms with Crippen LogP contribution in [0.2, 0.25) is 5.02 Å². The number of amides is 1. The summed E-state index contributed by atoms with van der Waals surface area (Å²) in [7, 11) is 1.63. The second kappa shape index (κ2) is 11.3. The Bertz CT molecular complexity index is 1330. The molecule has 11 heteroatoms. The lowest BCUT2D eigenvalue weighted by molar-refractivity contribution is -0.125. The molecule has 36 heavy (non-hydrogen) atoms. The summed E-state index contributed by atoms with van der Waals surface area (Å²) < 4.78 is 16.3. The van der Waals surface area contributed by atoms with Crippen LogP contribution in [0.25, 0.3) is 16.4 Å². The van der Waals surface area contributed by atoms with E-state index in [1.54, 1.807) is 35.3 Å². The fraction of sp³-hybridized carbons (Fsp3) is 0.240. The van der Waals surface area contributed by atoms with Crippen molar-refractivity contribution < 1.29 is 14.3 Å². The molecular formula is C25H24ClN5O3S2. The molecule has 186 valence electrons. The van der Waals surface area contributed by atoms with E-state index in [0.29, 0.717) is 30.7 Å². The first-order valence-corrected chi connectivity index (χ1v) is 13.6. The zero-order valence-electron chi connectivity index (χ0n) is 19.5. The van der Waals surface area contributed by atoms with Crippen LogP contribution in [-0.4, -0.2) is 53.3 Å². The van der Waals surface area contributed by atoms with Gasteiger partial charge in [-0.1, -0.05) is 29.8 Å². The molecule has 1 aliphatic rings. The number of aromatic nitrogens is 3. The largest absolute Gasteiger partial charge is 0.495 e. The van der Waals surface area contributed by atoms with E-state index in [9.17, 15) is 4.79 Å². The molecule has 0 atom stereocenters. The number of hydrogen-bond acceptors (Lipinski definition) is 8. The Morgan fingerprint density at radius 1 is 1.19 bits per heavy atom. The minimum atomic E-state index is -0.0734. The van der Waals surface area contributed by atoms with E-state index < -0.39 is 0 Å². The van der Waals surface area contributed by atoms with Crippen LogP contribution in [0, 0.1) is 0 Å². The highest BCUT2D eigenvalue weighted by molar-refractivity contribution is 8.00. The van der Waals surface area contributed by atoms with Gasteiger partial charge >= 0.3 is 0 Å². The number of methoxy groups -OCH3 is 1. The predicted octanol–water partition coefficient (Wildman–Crippen LogP) is 5.32. The molecule has 0 bridgehead atoms. The normalized spacial score (nSPS) is 13.7. The number of ether oxygens (including phenoxy) is 2. The Kier molecular flexibility index (Phi) is 7.76. The number of morpholine rings is 1. The topological polar surface area (TPSA) is 81.5 Å². The fourth-order valence-corrected chi connectivity index (χ4v) is 5.42. The van der Waals surface area contributed by atoms with Gasteiger partial charge in [0.2, 0.25) is 5.95 Å². The van der Waals surface area contributed by atoms with Crippen molar-refractivity contribution in [3.8, 4) is 22.1 Å². The van der Waals surface area contributed by atoms with Crippen LogP contribution in [-0.2, 0) is 16.0 Å². The van der Waals surface area contributed by atoms with Gasteiger partial charge in [-0.3, -0.25) is 14.1 Å². The lowest BCUT2D eigenvalue weighted by Crippen LogP contribution is -2.41. The first kappa shape index (κ1) is 24.6. The third-order valence-corrected chi connectivity index (χ3v) is 7.53. The van der Waals surface area contributed by atoms with Crippen molar-refractivity contribution in [1.29, 1.82) is 0 Å². The molecule has 0 saturated carbocycles. The van der Waals surface area contributed by atoms with Crippen LogP contribution in [0.4, 0.5) is 11.6 Å². The molecule has 0 radical (unpaired) electrons. The van der Waals surface area contributed by atoms with Gasteiger partial charge in [-0.15, -0.1) is 21.5 Å². The molecule has 5 rings (SSSR count). The number of aryl methyl sites for hydroxylation is 1. The number of nitrogens with zero attached hydrogens (tertiary/aromatic N) is 4. The molecule has 1 amide bonds. The average molecular weight is 542 g/mol. The molecular weight excluding hydrogens is 518 g/mol. The minimum Gasteiger partial charge on any atom is -0.495 e. The molecule has 1 aliphatic heterocycles. The number of rotatable bonds is 9. The molecule has 8 nitrogen and oxygen atoms in total. The number of halogens is 1. The first-order valence-electron chi connectivity index (χ1n) is 11.3. The minimum absolute atomic E-state index is 0.0734. The number of carbonyl (C=O) groups excluding carboxylic acids is 1. The van der Waals surface area contributed by atoms with Gasteiger partial charge in [0.15, 0.2) is 5.82 Å². The van der Waals surface area contributed by atoms with Gasteiger partial charge in [0, 0.05) is 23.0 Å². The molecule has 1 saturated heterocycles. The van der Waals surface area contributed by atoms with Crippen molar-refractivity contribution in [2.45, 2.75) is 6.42 Å². The Hall–Kier alpha value is -3.05. The number of thiophene rings is 1. The smallest absolute Gasteiger partial charge is 0.253 e. The number of carbonyl (C=O) groups is 1. The average Bonchev–Trinajstić information content (AvgIpc) is 3.58. The maximum Gasteiger partial charge on any atom is 0.253 e. The summed E-state index contributed by atoms with van der Waals surface area (Å²) in [5.41, 5.74) is 2.72. The summed E-state index contributed by atoms with van der Waals surface area (Å²) in [4.78, 5) is 15.2. The van der Waals surface area contributed by atoms with Crippen LogP contribution < -0.4 is 14.4 Å². The Balaban J connectivity index is 1.46. The van der Waals surface area contributed by atoms with Crippen molar-refractivity contribution in [2.24, 2.45) is 0 Å². The maximum absolute atomic E-state index is 12.5. The number of anilines is 2. The van der Waals surface area contributed by atoms with Gasteiger partial charge in [-0.25, -0.2) is 0 Å². The highest BCUT2D eigenvalue weighted by atomic mass is 35.5. The standard InChI is InChI=1S/C25H24ClN5O3S2/c1-33-21-9-8-19(30-11-12-34-16-23(30)32)15-20(21)31-24(22-3-2-13-35-22)27-28-25(31)29-36-14-10-17-4-6-18(26)7-5-17/h2-9,13,15H,10-12,14,16H2,1H3,(H,28,29). The SMILES string of the molecule is COc1ccc(N2CCOCC2=O)cc1-n1c(NSCCc2ccc(Cl)cc2)nnc1-c1cccs1. The second-order valence-corrected chi connectivity index (χ2v) is 10.2. The summed E-state index contributed by atoms with van der Waals surface area (Å²) in [6.07, 6.45) is 0.874. The van der Waals surface area contributed by atoms with Crippen molar-refractivity contribution >= 4 is 52.4 Å². The van der Waals surface area contributed by atoms with Crippen LogP contribution in [0.5, 0.6) is 5.75 Å². The molecule has 3 heterocycles. The van der Waals surface area contributed by atoms with E-state index in [4.69, 9.17) is 21.1 Å². The fourth-order valence-electron chi connectivity index (χ4n) is 3.89. The van der Waals surface area contributed by atoms with E-state index in [0.717, 1.165) is 33.4 Å². The number of benzene rings is 2. The summed E-state index contributed by atoms with van der Waals surface area (Å²) in [5, 5.41) is 11.7. The Morgan fingerprint density at radius 3 is 2.81 bits per heavy atom. The molecule has 0 unspecified atom stereocenters. The van der Waals surface area contributed by atoms with Crippen LogP contribution in [0.15, 0.2) is 60.0 Å². The van der Waals surface area contributed by atoms with Gasteiger partial charge in [0.25, 0.3) is 5.91 Å². The summed E-state index contributed by atoms with van der Waals surface area (Å²) in [5.74, 6) is 2.65. The van der Waals surface area contributed by atoms with Gasteiger partial charge in [-0.2, -0.15) is 0 Å². The molecule has 0 aliphatic carbocycles. The number of nitrogens with one attached hydrogen (secondary N) is 1. The highest BCUT2D eigenvalue weighted by Crippen LogP contribution is 2.36. The zero-order chi connectivity index (χ0) is 24.9. The highest BCUT2D eigenvalue weighted by Gasteiger charge is 2.24. The zero-order valence-corrected chi connectivity index (χ0v) is 21.9. The molecule has 1 fully saturated rings.